The minimum absolute atomic E-state index is 0.206. The van der Waals surface area contributed by atoms with Crippen molar-refractivity contribution >= 4 is 0 Å². The largest absolute Gasteiger partial charge is 0.326 e. The van der Waals surface area contributed by atoms with Gasteiger partial charge in [0.05, 0.1) is 0 Å². The van der Waals surface area contributed by atoms with Crippen molar-refractivity contribution in [3.8, 4) is 0 Å². The lowest BCUT2D eigenvalue weighted by Crippen LogP contribution is -2.42. The molecule has 2 unspecified atom stereocenters. The fourth-order valence-electron chi connectivity index (χ4n) is 3.82. The molecule has 1 heterocycles. The van der Waals surface area contributed by atoms with Crippen molar-refractivity contribution in [3.05, 3.63) is 34.9 Å². The Bertz CT molecular complexity index is 433. The number of piperidine rings is 1. The minimum atomic E-state index is 0.206. The summed E-state index contributed by atoms with van der Waals surface area (Å²) in [5, 5.41) is 0. The summed E-state index contributed by atoms with van der Waals surface area (Å²) in [7, 11) is 0. The molecule has 1 aromatic rings. The van der Waals surface area contributed by atoms with Gasteiger partial charge >= 0.3 is 0 Å². The zero-order chi connectivity index (χ0) is 13.2. The summed E-state index contributed by atoms with van der Waals surface area (Å²) < 4.78 is 0. The van der Waals surface area contributed by atoms with Crippen LogP contribution in [0.5, 0.6) is 0 Å². The molecule has 1 aliphatic heterocycles. The molecule has 19 heavy (non-hydrogen) atoms. The Labute approximate surface area is 117 Å². The predicted octanol–water partition coefficient (Wildman–Crippen LogP) is 3.05. The molecule has 1 aliphatic carbocycles. The Kier molecular flexibility index (Phi) is 3.90. The Morgan fingerprint density at radius 2 is 1.74 bits per heavy atom. The first kappa shape index (κ1) is 13.1. The van der Waals surface area contributed by atoms with Crippen LogP contribution < -0.4 is 5.73 Å². The van der Waals surface area contributed by atoms with Gasteiger partial charge in [0.1, 0.15) is 0 Å². The van der Waals surface area contributed by atoms with E-state index in [1.54, 1.807) is 11.1 Å². The third kappa shape index (κ3) is 2.70. The first-order chi connectivity index (χ1) is 9.25. The Balaban J connectivity index is 1.87. The van der Waals surface area contributed by atoms with Crippen LogP contribution in [-0.2, 0) is 12.8 Å². The predicted molar refractivity (Wildman–Crippen MR) is 80.3 cm³/mol. The van der Waals surface area contributed by atoms with E-state index in [1.165, 1.54) is 57.2 Å². The number of likely N-dealkylation sites (tertiary alicyclic amines) is 1. The van der Waals surface area contributed by atoms with Crippen LogP contribution in [-0.4, -0.2) is 24.0 Å². The third-order valence-corrected chi connectivity index (χ3v) is 4.75. The zero-order valence-electron chi connectivity index (χ0n) is 12.1. The molecule has 0 amide bonds. The number of nitrogens with zero attached hydrogens (tertiary/aromatic N) is 1. The number of aryl methyl sites for hydroxylation is 2. The zero-order valence-corrected chi connectivity index (χ0v) is 12.1. The number of rotatable bonds is 3. The van der Waals surface area contributed by atoms with E-state index < -0.39 is 0 Å². The molecule has 0 saturated carbocycles. The number of nitrogens with two attached hydrogens (primary N) is 1. The molecule has 3 rings (SSSR count). The first-order valence-electron chi connectivity index (χ1n) is 7.87. The second-order valence-corrected chi connectivity index (χ2v) is 6.28. The molecule has 1 saturated heterocycles. The van der Waals surface area contributed by atoms with E-state index in [9.17, 15) is 0 Å². The van der Waals surface area contributed by atoms with E-state index in [0.29, 0.717) is 6.04 Å². The fourth-order valence-corrected chi connectivity index (χ4v) is 3.82. The number of benzene rings is 1. The van der Waals surface area contributed by atoms with Crippen molar-refractivity contribution in [3.63, 3.8) is 0 Å². The summed E-state index contributed by atoms with van der Waals surface area (Å²) in [5.74, 6) is 0. The minimum Gasteiger partial charge on any atom is -0.326 e. The molecule has 0 spiro atoms. The lowest BCUT2D eigenvalue weighted by Gasteiger charge is -2.37. The molecule has 2 heteroatoms. The van der Waals surface area contributed by atoms with Crippen LogP contribution in [0.1, 0.15) is 55.3 Å². The average Bonchev–Trinajstić information content (AvgIpc) is 2.87. The standard InChI is InChI=1S/C17H26N2/c1-13(18)17(19-10-3-2-4-11-19)16-9-8-14-6-5-7-15(14)12-16/h8-9,12-13,17H,2-7,10-11,18H2,1H3. The maximum absolute atomic E-state index is 6.30. The monoisotopic (exact) mass is 258 g/mol. The molecular formula is C17H26N2. The van der Waals surface area contributed by atoms with Crippen LogP contribution in [0.25, 0.3) is 0 Å². The highest BCUT2D eigenvalue weighted by molar-refractivity contribution is 5.37. The van der Waals surface area contributed by atoms with Gasteiger partial charge in [-0.15, -0.1) is 0 Å². The van der Waals surface area contributed by atoms with Gasteiger partial charge in [0.2, 0.25) is 0 Å². The molecule has 2 nitrogen and oxygen atoms in total. The van der Waals surface area contributed by atoms with Crippen LogP contribution in [0, 0.1) is 0 Å². The molecule has 0 radical (unpaired) electrons. The van der Waals surface area contributed by atoms with Crippen LogP contribution in [0.3, 0.4) is 0 Å². The van der Waals surface area contributed by atoms with E-state index in [1.807, 2.05) is 0 Å². The molecule has 2 N–H and O–H groups in total. The SMILES string of the molecule is CC(N)C(c1ccc2c(c1)CCC2)N1CCCCC1. The van der Waals surface area contributed by atoms with Crippen LogP contribution in [0.15, 0.2) is 18.2 Å². The van der Waals surface area contributed by atoms with Gasteiger partial charge in [-0.05, 0) is 68.8 Å². The molecule has 1 fully saturated rings. The van der Waals surface area contributed by atoms with E-state index in [0.717, 1.165) is 0 Å². The summed E-state index contributed by atoms with van der Waals surface area (Å²) in [4.78, 5) is 2.60. The highest BCUT2D eigenvalue weighted by atomic mass is 15.2. The lowest BCUT2D eigenvalue weighted by atomic mass is 9.94. The van der Waals surface area contributed by atoms with Gasteiger partial charge in [-0.2, -0.15) is 0 Å². The number of hydrogen-bond donors (Lipinski definition) is 1. The molecule has 2 aliphatic rings. The quantitative estimate of drug-likeness (QED) is 0.903. The molecular weight excluding hydrogens is 232 g/mol. The molecule has 0 aromatic heterocycles. The summed E-state index contributed by atoms with van der Waals surface area (Å²) in [6, 6.07) is 7.72. The maximum atomic E-state index is 6.30. The Morgan fingerprint density at radius 3 is 2.47 bits per heavy atom. The van der Waals surface area contributed by atoms with E-state index in [2.05, 4.69) is 30.0 Å². The van der Waals surface area contributed by atoms with Gasteiger partial charge in [0, 0.05) is 12.1 Å². The average molecular weight is 258 g/mol. The normalized spacial score (nSPS) is 23.1. The molecule has 2 atom stereocenters. The summed E-state index contributed by atoms with van der Waals surface area (Å²) >= 11 is 0. The van der Waals surface area contributed by atoms with E-state index in [-0.39, 0.29) is 6.04 Å². The topological polar surface area (TPSA) is 29.3 Å². The van der Waals surface area contributed by atoms with Crippen LogP contribution in [0.4, 0.5) is 0 Å². The van der Waals surface area contributed by atoms with Gasteiger partial charge in [-0.25, -0.2) is 0 Å². The van der Waals surface area contributed by atoms with Crippen molar-refractivity contribution in [1.29, 1.82) is 0 Å². The van der Waals surface area contributed by atoms with Crippen molar-refractivity contribution in [2.24, 2.45) is 5.73 Å². The van der Waals surface area contributed by atoms with Gasteiger partial charge in [0.25, 0.3) is 0 Å². The van der Waals surface area contributed by atoms with Crippen LogP contribution in [0.2, 0.25) is 0 Å². The van der Waals surface area contributed by atoms with E-state index in [4.69, 9.17) is 5.73 Å². The molecule has 104 valence electrons. The fraction of sp³-hybridized carbons (Fsp3) is 0.647. The van der Waals surface area contributed by atoms with Gasteiger partial charge in [-0.1, -0.05) is 24.6 Å². The van der Waals surface area contributed by atoms with Gasteiger partial charge < -0.3 is 5.73 Å². The highest BCUT2D eigenvalue weighted by Crippen LogP contribution is 2.31. The van der Waals surface area contributed by atoms with Gasteiger partial charge in [-0.3, -0.25) is 4.90 Å². The van der Waals surface area contributed by atoms with Crippen LogP contribution >= 0.6 is 0 Å². The molecule has 1 aromatic carbocycles. The Hall–Kier alpha value is -0.860. The smallest absolute Gasteiger partial charge is 0.0496 e. The number of hydrogen-bond acceptors (Lipinski definition) is 2. The highest BCUT2D eigenvalue weighted by Gasteiger charge is 2.26. The third-order valence-electron chi connectivity index (χ3n) is 4.75. The second kappa shape index (κ2) is 5.64. The summed E-state index contributed by atoms with van der Waals surface area (Å²) in [6.45, 7) is 4.58. The maximum Gasteiger partial charge on any atom is 0.0496 e. The lowest BCUT2D eigenvalue weighted by molar-refractivity contribution is 0.146. The Morgan fingerprint density at radius 1 is 1.00 bits per heavy atom. The van der Waals surface area contributed by atoms with Crippen molar-refractivity contribution in [2.45, 2.75) is 57.5 Å². The summed E-state index contributed by atoms with van der Waals surface area (Å²) in [6.07, 6.45) is 7.89. The van der Waals surface area contributed by atoms with Gasteiger partial charge in [0.15, 0.2) is 0 Å². The number of fused-ring (bicyclic) bond motifs is 1. The van der Waals surface area contributed by atoms with Crippen molar-refractivity contribution in [2.75, 3.05) is 13.1 Å². The van der Waals surface area contributed by atoms with Crippen molar-refractivity contribution in [1.82, 2.24) is 4.90 Å². The van der Waals surface area contributed by atoms with Crippen molar-refractivity contribution < 1.29 is 0 Å². The first-order valence-corrected chi connectivity index (χ1v) is 7.87. The second-order valence-electron chi connectivity index (χ2n) is 6.28. The molecule has 0 bridgehead atoms. The van der Waals surface area contributed by atoms with E-state index >= 15 is 0 Å². The summed E-state index contributed by atoms with van der Waals surface area (Å²) in [5.41, 5.74) is 10.9.